The van der Waals surface area contributed by atoms with Gasteiger partial charge in [0, 0.05) is 23.8 Å². The molecule has 0 fully saturated rings. The highest BCUT2D eigenvalue weighted by atomic mass is 32.2. The predicted octanol–water partition coefficient (Wildman–Crippen LogP) is 0.346. The largest absolute Gasteiger partial charge is 0.318 e. The van der Waals surface area contributed by atoms with Crippen LogP contribution in [-0.2, 0) is 23.1 Å². The maximum Gasteiger partial charge on any atom is 0.244 e. The zero-order valence-electron chi connectivity index (χ0n) is 11.3. The summed E-state index contributed by atoms with van der Waals surface area (Å²) in [6.45, 7) is 3.48. The third-order valence-electron chi connectivity index (χ3n) is 2.59. The molecule has 2 heterocycles. The Hall–Kier alpha value is -1.29. The van der Waals surface area contributed by atoms with E-state index in [-0.39, 0.29) is 11.4 Å². The van der Waals surface area contributed by atoms with Crippen LogP contribution in [0.3, 0.4) is 0 Å². The van der Waals surface area contributed by atoms with Gasteiger partial charge in [-0.1, -0.05) is 0 Å². The smallest absolute Gasteiger partial charge is 0.244 e. The first-order valence-corrected chi connectivity index (χ1v) is 8.39. The zero-order valence-corrected chi connectivity index (χ0v) is 13.0. The van der Waals surface area contributed by atoms with Crippen LogP contribution in [0.1, 0.15) is 9.88 Å². The molecule has 2 aromatic rings. The molecule has 2 rings (SSSR count). The number of nitrogens with zero attached hydrogens (tertiary/aromatic N) is 3. The van der Waals surface area contributed by atoms with Crippen molar-refractivity contribution in [1.82, 2.24) is 24.8 Å². The number of thiazole rings is 1. The first-order valence-electron chi connectivity index (χ1n) is 6.09. The molecule has 0 aromatic carbocycles. The number of aryl methyl sites for hydroxylation is 1. The third-order valence-corrected chi connectivity index (χ3v) is 4.86. The minimum atomic E-state index is -3.54. The van der Waals surface area contributed by atoms with Gasteiger partial charge in [0.2, 0.25) is 10.0 Å². The Labute approximate surface area is 122 Å². The number of nitrogens with one attached hydrogen (secondary N) is 2. The van der Waals surface area contributed by atoms with Gasteiger partial charge in [-0.25, -0.2) is 18.1 Å². The van der Waals surface area contributed by atoms with Gasteiger partial charge >= 0.3 is 0 Å². The third kappa shape index (κ3) is 3.85. The summed E-state index contributed by atoms with van der Waals surface area (Å²) in [6.07, 6.45) is 4.60. The molecule has 0 saturated carbocycles. The van der Waals surface area contributed by atoms with E-state index in [0.29, 0.717) is 6.54 Å². The fraction of sp³-hybridized carbons (Fsp3) is 0.455. The highest BCUT2D eigenvalue weighted by Gasteiger charge is 2.16. The molecule has 2 N–H and O–H groups in total. The Balaban J connectivity index is 2.00. The molecule has 2 aromatic heterocycles. The van der Waals surface area contributed by atoms with E-state index in [4.69, 9.17) is 0 Å². The van der Waals surface area contributed by atoms with Gasteiger partial charge in [-0.05, 0) is 14.0 Å². The first kappa shape index (κ1) is 15.1. The second kappa shape index (κ2) is 6.44. The van der Waals surface area contributed by atoms with Crippen molar-refractivity contribution in [1.29, 1.82) is 0 Å². The molecule has 20 heavy (non-hydrogen) atoms. The molecule has 0 radical (unpaired) electrons. The van der Waals surface area contributed by atoms with Crippen LogP contribution in [0, 0.1) is 6.92 Å². The van der Waals surface area contributed by atoms with Gasteiger partial charge in [0.15, 0.2) is 0 Å². The lowest BCUT2D eigenvalue weighted by Crippen LogP contribution is -2.22. The molecule has 110 valence electrons. The van der Waals surface area contributed by atoms with Gasteiger partial charge in [0.05, 0.1) is 19.3 Å². The lowest BCUT2D eigenvalue weighted by atomic mass is 10.6. The van der Waals surface area contributed by atoms with Crippen molar-refractivity contribution in [3.05, 3.63) is 28.5 Å². The number of hydrogen-bond donors (Lipinski definition) is 2. The monoisotopic (exact) mass is 315 g/mol. The highest BCUT2D eigenvalue weighted by molar-refractivity contribution is 7.89. The summed E-state index contributed by atoms with van der Waals surface area (Å²) in [7, 11) is -1.71. The fourth-order valence-electron chi connectivity index (χ4n) is 1.56. The van der Waals surface area contributed by atoms with Crippen molar-refractivity contribution < 1.29 is 8.42 Å². The average molecular weight is 315 g/mol. The minimum absolute atomic E-state index is 0.168. The van der Waals surface area contributed by atoms with Crippen LogP contribution in [-0.4, -0.2) is 36.8 Å². The molecule has 7 nitrogen and oxygen atoms in total. The summed E-state index contributed by atoms with van der Waals surface area (Å²) in [5.41, 5.74) is 0. The summed E-state index contributed by atoms with van der Waals surface area (Å²) in [5.74, 6) is 0. The van der Waals surface area contributed by atoms with Crippen LogP contribution in [0.2, 0.25) is 0 Å². The molecule has 0 aliphatic rings. The lowest BCUT2D eigenvalue weighted by molar-refractivity contribution is 0.576. The topological polar surface area (TPSA) is 88.9 Å². The predicted molar refractivity (Wildman–Crippen MR) is 77.0 cm³/mol. The van der Waals surface area contributed by atoms with E-state index in [0.717, 1.165) is 16.4 Å². The second-order valence-corrected chi connectivity index (χ2v) is 7.32. The van der Waals surface area contributed by atoms with E-state index in [9.17, 15) is 8.42 Å². The van der Waals surface area contributed by atoms with Crippen LogP contribution in [0.4, 0.5) is 0 Å². The van der Waals surface area contributed by atoms with Gasteiger partial charge in [-0.15, -0.1) is 11.3 Å². The minimum Gasteiger partial charge on any atom is -0.318 e. The van der Waals surface area contributed by atoms with Gasteiger partial charge in [0.1, 0.15) is 9.90 Å². The number of likely N-dealkylation sites (N-methyl/N-ethyl adjacent to an activating group) is 1. The van der Waals surface area contributed by atoms with Crippen molar-refractivity contribution in [3.63, 3.8) is 0 Å². The standard InChI is InChI=1S/C11H17N5O2S2/c1-9-5-13-11(19-9)7-15-20(17,18)10-6-14-16(8-10)4-3-12-2/h5-6,8,12,15H,3-4,7H2,1-2H3. The summed E-state index contributed by atoms with van der Waals surface area (Å²) < 4.78 is 28.3. The van der Waals surface area contributed by atoms with Crippen LogP contribution in [0.5, 0.6) is 0 Å². The average Bonchev–Trinajstić information content (AvgIpc) is 3.03. The SMILES string of the molecule is CNCCn1cc(S(=O)(=O)NCc2ncc(C)s2)cn1. The molecule has 9 heteroatoms. The van der Waals surface area contributed by atoms with Crippen LogP contribution in [0.15, 0.2) is 23.5 Å². The highest BCUT2D eigenvalue weighted by Crippen LogP contribution is 2.12. The Bertz CT molecular complexity index is 662. The Morgan fingerprint density at radius 2 is 2.20 bits per heavy atom. The number of rotatable bonds is 7. The molecule has 0 amide bonds. The number of aromatic nitrogens is 3. The van der Waals surface area contributed by atoms with Crippen LogP contribution >= 0.6 is 11.3 Å². The van der Waals surface area contributed by atoms with Gasteiger partial charge in [0.25, 0.3) is 0 Å². The molecule has 0 unspecified atom stereocenters. The van der Waals surface area contributed by atoms with Crippen molar-refractivity contribution >= 4 is 21.4 Å². The summed E-state index contributed by atoms with van der Waals surface area (Å²) in [4.78, 5) is 5.34. The Morgan fingerprint density at radius 1 is 1.40 bits per heavy atom. The van der Waals surface area contributed by atoms with E-state index >= 15 is 0 Å². The summed E-state index contributed by atoms with van der Waals surface area (Å²) in [6, 6.07) is 0. The van der Waals surface area contributed by atoms with Crippen molar-refractivity contribution in [2.75, 3.05) is 13.6 Å². The molecule has 0 saturated heterocycles. The number of sulfonamides is 1. The molecule has 0 atom stereocenters. The van der Waals surface area contributed by atoms with E-state index < -0.39 is 10.0 Å². The van der Waals surface area contributed by atoms with Crippen molar-refractivity contribution in [2.24, 2.45) is 0 Å². The van der Waals surface area contributed by atoms with E-state index in [1.165, 1.54) is 23.7 Å². The van der Waals surface area contributed by atoms with Crippen LogP contribution in [0.25, 0.3) is 0 Å². The van der Waals surface area contributed by atoms with Gasteiger partial charge < -0.3 is 5.32 Å². The molecule has 0 bridgehead atoms. The summed E-state index contributed by atoms with van der Waals surface area (Å²) in [5, 5.41) is 7.75. The molecular weight excluding hydrogens is 298 g/mol. The normalized spacial score (nSPS) is 11.9. The van der Waals surface area contributed by atoms with E-state index in [1.807, 2.05) is 14.0 Å². The molecule has 0 aliphatic carbocycles. The maximum absolute atomic E-state index is 12.1. The first-order chi connectivity index (χ1) is 9.51. The quantitative estimate of drug-likeness (QED) is 0.769. The van der Waals surface area contributed by atoms with Crippen molar-refractivity contribution in [2.45, 2.75) is 24.9 Å². The van der Waals surface area contributed by atoms with Crippen LogP contribution < -0.4 is 10.0 Å². The lowest BCUT2D eigenvalue weighted by Gasteiger charge is -2.02. The Kier molecular flexibility index (Phi) is 4.86. The Morgan fingerprint density at radius 3 is 2.85 bits per heavy atom. The molecule has 0 aliphatic heterocycles. The van der Waals surface area contributed by atoms with E-state index in [1.54, 1.807) is 10.9 Å². The van der Waals surface area contributed by atoms with Gasteiger partial charge in [-0.2, -0.15) is 5.10 Å². The zero-order chi connectivity index (χ0) is 14.6. The molecule has 0 spiro atoms. The molecular formula is C11H17N5O2S2. The summed E-state index contributed by atoms with van der Waals surface area (Å²) >= 11 is 1.47. The second-order valence-electron chi connectivity index (χ2n) is 4.23. The van der Waals surface area contributed by atoms with Gasteiger partial charge in [-0.3, -0.25) is 4.68 Å². The van der Waals surface area contributed by atoms with Crippen molar-refractivity contribution in [3.8, 4) is 0 Å². The number of hydrogen-bond acceptors (Lipinski definition) is 6. The van der Waals surface area contributed by atoms with E-state index in [2.05, 4.69) is 20.1 Å². The fourth-order valence-corrected chi connectivity index (χ4v) is 3.31. The maximum atomic E-state index is 12.1.